The van der Waals surface area contributed by atoms with Gasteiger partial charge < -0.3 is 5.32 Å². The molecule has 0 fully saturated rings. The first kappa shape index (κ1) is 6.77. The van der Waals surface area contributed by atoms with Gasteiger partial charge in [0.2, 0.25) is 0 Å². The lowest BCUT2D eigenvalue weighted by Crippen LogP contribution is -2.00. The maximum absolute atomic E-state index is 3.97. The van der Waals surface area contributed by atoms with E-state index in [4.69, 9.17) is 0 Å². The van der Waals surface area contributed by atoms with Crippen molar-refractivity contribution in [2.24, 2.45) is 7.05 Å². The van der Waals surface area contributed by atoms with E-state index in [1.165, 1.54) is 0 Å². The van der Waals surface area contributed by atoms with Gasteiger partial charge in [-0.15, -0.1) is 5.10 Å². The highest BCUT2D eigenvalue weighted by Crippen LogP contribution is 2.07. The van der Waals surface area contributed by atoms with Gasteiger partial charge in [-0.25, -0.2) is 0 Å². The van der Waals surface area contributed by atoms with Gasteiger partial charge in [-0.1, -0.05) is 5.10 Å². The van der Waals surface area contributed by atoms with Gasteiger partial charge in [0, 0.05) is 13.1 Å². The first-order chi connectivity index (χ1) is 5.86. The molecule has 0 amide bonds. The SMILES string of the molecule is Cn1nccc1Nc1nn[nH]n1. The van der Waals surface area contributed by atoms with Gasteiger partial charge in [0.05, 0.1) is 6.20 Å². The number of hydrogen-bond donors (Lipinski definition) is 2. The largest absolute Gasteiger partial charge is 0.306 e. The zero-order valence-electron chi connectivity index (χ0n) is 6.39. The van der Waals surface area contributed by atoms with Gasteiger partial charge in [0.25, 0.3) is 5.95 Å². The van der Waals surface area contributed by atoms with Crippen LogP contribution in [0.15, 0.2) is 12.3 Å². The summed E-state index contributed by atoms with van der Waals surface area (Å²) in [6, 6.07) is 1.82. The van der Waals surface area contributed by atoms with E-state index >= 15 is 0 Å². The Bertz CT molecular complexity index is 348. The van der Waals surface area contributed by atoms with Crippen LogP contribution in [0.4, 0.5) is 11.8 Å². The highest BCUT2D eigenvalue weighted by molar-refractivity contribution is 5.45. The van der Waals surface area contributed by atoms with Crippen LogP contribution in [0.1, 0.15) is 0 Å². The van der Waals surface area contributed by atoms with Crippen molar-refractivity contribution in [2.75, 3.05) is 5.32 Å². The Morgan fingerprint density at radius 2 is 2.50 bits per heavy atom. The van der Waals surface area contributed by atoms with Gasteiger partial charge in [-0.2, -0.15) is 10.3 Å². The molecule has 2 aromatic heterocycles. The lowest BCUT2D eigenvalue weighted by atomic mass is 10.6. The van der Waals surface area contributed by atoms with Crippen LogP contribution in [0.2, 0.25) is 0 Å². The first-order valence-electron chi connectivity index (χ1n) is 3.35. The third-order valence-electron chi connectivity index (χ3n) is 1.41. The van der Waals surface area contributed by atoms with Crippen LogP contribution in [-0.2, 0) is 7.05 Å². The van der Waals surface area contributed by atoms with Crippen LogP contribution >= 0.6 is 0 Å². The molecule has 2 N–H and O–H groups in total. The fraction of sp³-hybridized carbons (Fsp3) is 0.200. The quantitative estimate of drug-likeness (QED) is 0.636. The van der Waals surface area contributed by atoms with Gasteiger partial charge in [-0.3, -0.25) is 4.68 Å². The van der Waals surface area contributed by atoms with E-state index in [1.807, 2.05) is 13.1 Å². The summed E-state index contributed by atoms with van der Waals surface area (Å²) in [5, 5.41) is 20.1. The summed E-state index contributed by atoms with van der Waals surface area (Å²) in [5.41, 5.74) is 0. The Hall–Kier alpha value is -1.92. The Kier molecular flexibility index (Phi) is 1.47. The Labute approximate surface area is 67.8 Å². The van der Waals surface area contributed by atoms with Gasteiger partial charge in [-0.05, 0) is 5.21 Å². The predicted molar refractivity (Wildman–Crippen MR) is 40.7 cm³/mol. The van der Waals surface area contributed by atoms with Crippen molar-refractivity contribution in [3.05, 3.63) is 12.3 Å². The number of H-pyrrole nitrogens is 1. The molecule has 0 aliphatic carbocycles. The zero-order valence-corrected chi connectivity index (χ0v) is 6.39. The van der Waals surface area contributed by atoms with Crippen LogP contribution in [-0.4, -0.2) is 30.4 Å². The third-order valence-corrected chi connectivity index (χ3v) is 1.41. The van der Waals surface area contributed by atoms with Gasteiger partial charge in [0.15, 0.2) is 0 Å². The molecule has 2 aromatic rings. The number of rotatable bonds is 2. The number of nitrogens with zero attached hydrogens (tertiary/aromatic N) is 5. The predicted octanol–water partition coefficient (Wildman–Crippen LogP) is -0.323. The molecule has 0 bridgehead atoms. The highest BCUT2D eigenvalue weighted by atomic mass is 15.5. The molecule has 0 radical (unpaired) electrons. The molecule has 12 heavy (non-hydrogen) atoms. The highest BCUT2D eigenvalue weighted by Gasteiger charge is 2.00. The molecule has 0 saturated carbocycles. The van der Waals surface area contributed by atoms with Crippen molar-refractivity contribution >= 4 is 11.8 Å². The molecule has 0 spiro atoms. The average molecular weight is 165 g/mol. The maximum Gasteiger partial charge on any atom is 0.268 e. The Morgan fingerprint density at radius 1 is 1.58 bits per heavy atom. The van der Waals surface area contributed by atoms with Crippen molar-refractivity contribution in [1.29, 1.82) is 0 Å². The molecular formula is C5H7N7. The summed E-state index contributed by atoms with van der Waals surface area (Å²) >= 11 is 0. The Morgan fingerprint density at radius 3 is 3.08 bits per heavy atom. The standard InChI is InChI=1S/C5H7N7/c1-12-4(2-3-6-12)7-5-8-10-11-9-5/h2-3H,1H3,(H2,7,8,9,10,11). The molecule has 62 valence electrons. The van der Waals surface area contributed by atoms with Crippen LogP contribution in [0.25, 0.3) is 0 Å². The molecule has 0 atom stereocenters. The van der Waals surface area contributed by atoms with Crippen molar-refractivity contribution in [2.45, 2.75) is 0 Å². The number of tetrazole rings is 1. The number of anilines is 2. The van der Waals surface area contributed by atoms with Crippen molar-refractivity contribution < 1.29 is 0 Å². The second-order valence-corrected chi connectivity index (χ2v) is 2.20. The second kappa shape index (κ2) is 2.61. The molecule has 0 aromatic carbocycles. The normalized spacial score (nSPS) is 10.1. The molecule has 7 nitrogen and oxygen atoms in total. The summed E-state index contributed by atoms with van der Waals surface area (Å²) in [6.07, 6.45) is 1.68. The molecule has 7 heteroatoms. The van der Waals surface area contributed by atoms with E-state index in [1.54, 1.807) is 10.9 Å². The van der Waals surface area contributed by atoms with E-state index < -0.39 is 0 Å². The number of hydrogen-bond acceptors (Lipinski definition) is 5. The monoisotopic (exact) mass is 165 g/mol. The lowest BCUT2D eigenvalue weighted by molar-refractivity contribution is 0.775. The molecule has 0 aliphatic rings. The fourth-order valence-electron chi connectivity index (χ4n) is 0.826. The topological polar surface area (TPSA) is 84.3 Å². The minimum Gasteiger partial charge on any atom is -0.306 e. The molecular weight excluding hydrogens is 158 g/mol. The number of aryl methyl sites for hydroxylation is 1. The minimum absolute atomic E-state index is 0.429. The second-order valence-electron chi connectivity index (χ2n) is 2.20. The van der Waals surface area contributed by atoms with E-state index in [0.29, 0.717) is 5.95 Å². The molecule has 0 aliphatic heterocycles. The molecule has 0 saturated heterocycles. The van der Waals surface area contributed by atoms with E-state index in [2.05, 4.69) is 31.0 Å². The fourth-order valence-corrected chi connectivity index (χ4v) is 0.826. The number of aromatic nitrogens is 6. The van der Waals surface area contributed by atoms with Crippen LogP contribution in [0, 0.1) is 0 Å². The van der Waals surface area contributed by atoms with Gasteiger partial charge >= 0.3 is 0 Å². The Balaban J connectivity index is 2.20. The van der Waals surface area contributed by atoms with Gasteiger partial charge in [0.1, 0.15) is 5.82 Å². The van der Waals surface area contributed by atoms with Crippen LogP contribution < -0.4 is 5.32 Å². The van der Waals surface area contributed by atoms with Crippen molar-refractivity contribution in [3.8, 4) is 0 Å². The maximum atomic E-state index is 3.97. The zero-order chi connectivity index (χ0) is 8.39. The van der Waals surface area contributed by atoms with E-state index in [0.717, 1.165) is 5.82 Å². The first-order valence-corrected chi connectivity index (χ1v) is 3.35. The summed E-state index contributed by atoms with van der Waals surface area (Å²) in [5.74, 6) is 1.25. The lowest BCUT2D eigenvalue weighted by Gasteiger charge is -1.99. The summed E-state index contributed by atoms with van der Waals surface area (Å²) in [4.78, 5) is 0. The average Bonchev–Trinajstić information content (AvgIpc) is 2.65. The summed E-state index contributed by atoms with van der Waals surface area (Å²) in [7, 11) is 1.82. The van der Waals surface area contributed by atoms with Crippen molar-refractivity contribution in [3.63, 3.8) is 0 Å². The molecule has 2 heterocycles. The van der Waals surface area contributed by atoms with E-state index in [-0.39, 0.29) is 0 Å². The summed E-state index contributed by atoms with van der Waals surface area (Å²) in [6.45, 7) is 0. The number of aromatic amines is 1. The van der Waals surface area contributed by atoms with Crippen molar-refractivity contribution in [1.82, 2.24) is 30.4 Å². The smallest absolute Gasteiger partial charge is 0.268 e. The van der Waals surface area contributed by atoms with E-state index in [9.17, 15) is 0 Å². The minimum atomic E-state index is 0.429. The van der Waals surface area contributed by atoms with Crippen LogP contribution in [0.5, 0.6) is 0 Å². The molecule has 0 unspecified atom stereocenters. The number of nitrogens with one attached hydrogen (secondary N) is 2. The molecule has 2 rings (SSSR count). The summed E-state index contributed by atoms with van der Waals surface area (Å²) < 4.78 is 1.68. The third kappa shape index (κ3) is 1.11. The van der Waals surface area contributed by atoms with Crippen LogP contribution in [0.3, 0.4) is 0 Å².